The summed E-state index contributed by atoms with van der Waals surface area (Å²) in [6.45, 7) is 3.77. The maximum absolute atomic E-state index is 13.3. The third kappa shape index (κ3) is 3.79. The first-order chi connectivity index (χ1) is 16.2. The molecule has 1 N–H and O–H groups in total. The van der Waals surface area contributed by atoms with Crippen molar-refractivity contribution in [1.82, 2.24) is 0 Å². The zero-order chi connectivity index (χ0) is 24.6. The lowest BCUT2D eigenvalue weighted by Crippen LogP contribution is -2.30. The Bertz CT molecular complexity index is 1340. The van der Waals surface area contributed by atoms with Crippen LogP contribution in [-0.2, 0) is 9.59 Å². The number of aliphatic hydroxyl groups is 1. The number of Topliss-reactive ketones (excluding diaryl/α,β-unsaturated/α-hetero) is 1. The first-order valence-electron chi connectivity index (χ1n) is 10.5. The van der Waals surface area contributed by atoms with Gasteiger partial charge in [0.1, 0.15) is 11.5 Å². The predicted molar refractivity (Wildman–Crippen MR) is 127 cm³/mol. The number of hydrogen-bond donors (Lipinski definition) is 1. The molecule has 1 atom stereocenters. The van der Waals surface area contributed by atoms with Crippen LogP contribution in [0.3, 0.4) is 0 Å². The first kappa shape index (κ1) is 22.7. The smallest absolute Gasteiger partial charge is 0.300 e. The summed E-state index contributed by atoms with van der Waals surface area (Å²) in [6.07, 6.45) is 0. The second kappa shape index (κ2) is 8.82. The molecule has 0 aliphatic carbocycles. The molecule has 0 spiro atoms. The highest BCUT2D eigenvalue weighted by Gasteiger charge is 2.47. The van der Waals surface area contributed by atoms with Crippen LogP contribution in [0.2, 0.25) is 0 Å². The van der Waals surface area contributed by atoms with Crippen LogP contribution < -0.4 is 9.64 Å². The van der Waals surface area contributed by atoms with Gasteiger partial charge in [0, 0.05) is 23.4 Å². The number of carbonyl (C=O) groups excluding carboxylic acids is 2. The second-order valence-electron chi connectivity index (χ2n) is 7.97. The summed E-state index contributed by atoms with van der Waals surface area (Å²) in [5, 5.41) is 22.2. The monoisotopic (exact) mass is 458 g/mol. The number of benzene rings is 3. The van der Waals surface area contributed by atoms with Crippen molar-refractivity contribution in [3.05, 3.63) is 105 Å². The van der Waals surface area contributed by atoms with Crippen LogP contribution >= 0.6 is 0 Å². The number of carbonyl (C=O) groups is 2. The van der Waals surface area contributed by atoms with Gasteiger partial charge in [-0.05, 0) is 60.9 Å². The maximum atomic E-state index is 13.3. The van der Waals surface area contributed by atoms with Gasteiger partial charge < -0.3 is 9.84 Å². The minimum absolute atomic E-state index is 0.104. The molecule has 4 rings (SSSR count). The quantitative estimate of drug-likeness (QED) is 0.192. The van der Waals surface area contributed by atoms with Crippen molar-refractivity contribution in [2.75, 3.05) is 12.0 Å². The number of anilines is 1. The van der Waals surface area contributed by atoms with E-state index in [0.29, 0.717) is 17.0 Å². The number of amides is 1. The fourth-order valence-electron chi connectivity index (χ4n) is 4.10. The minimum atomic E-state index is -0.925. The number of nitrogens with zero attached hydrogens (tertiary/aromatic N) is 2. The van der Waals surface area contributed by atoms with Crippen LogP contribution in [0.4, 0.5) is 11.4 Å². The second-order valence-corrected chi connectivity index (χ2v) is 7.97. The van der Waals surface area contributed by atoms with Gasteiger partial charge in [0.15, 0.2) is 0 Å². The van der Waals surface area contributed by atoms with Gasteiger partial charge >= 0.3 is 0 Å². The number of ether oxygens (including phenoxy) is 1. The number of ketones is 1. The van der Waals surface area contributed by atoms with Crippen molar-refractivity contribution in [1.29, 1.82) is 0 Å². The standard InChI is InChI=1S/C26H22N2O6/c1-15-6-4-9-21(16(15)2)27-23(18-7-5-8-20(14-18)34-3)22(25(30)26(27)31)24(29)17-10-12-19(13-11-17)28(32)33/h4-14,23,29H,1-3H3/b24-22+. The van der Waals surface area contributed by atoms with Gasteiger partial charge in [0.05, 0.1) is 23.6 Å². The number of non-ortho nitro benzene ring substituents is 1. The van der Waals surface area contributed by atoms with E-state index in [0.717, 1.165) is 11.1 Å². The molecule has 34 heavy (non-hydrogen) atoms. The van der Waals surface area contributed by atoms with Crippen molar-refractivity contribution < 1.29 is 24.4 Å². The molecule has 0 saturated carbocycles. The lowest BCUT2D eigenvalue weighted by molar-refractivity contribution is -0.384. The van der Waals surface area contributed by atoms with Gasteiger partial charge in [0.2, 0.25) is 0 Å². The van der Waals surface area contributed by atoms with Crippen LogP contribution in [0.5, 0.6) is 5.75 Å². The van der Waals surface area contributed by atoms with E-state index < -0.39 is 28.4 Å². The number of nitro benzene ring substituents is 1. The van der Waals surface area contributed by atoms with Crippen LogP contribution in [0.1, 0.15) is 28.3 Å². The van der Waals surface area contributed by atoms with Gasteiger partial charge in [-0.3, -0.25) is 24.6 Å². The molecule has 1 fully saturated rings. The van der Waals surface area contributed by atoms with E-state index in [9.17, 15) is 24.8 Å². The molecule has 8 heteroatoms. The van der Waals surface area contributed by atoms with Crippen LogP contribution in [-0.4, -0.2) is 28.8 Å². The molecule has 172 valence electrons. The Morgan fingerprint density at radius 1 is 1.03 bits per heavy atom. The number of rotatable bonds is 5. The molecule has 1 amide bonds. The normalized spacial score (nSPS) is 17.1. The molecule has 3 aromatic carbocycles. The summed E-state index contributed by atoms with van der Waals surface area (Å²) in [5.74, 6) is -1.50. The molecular weight excluding hydrogens is 436 g/mol. The van der Waals surface area contributed by atoms with E-state index in [-0.39, 0.29) is 16.8 Å². The number of aliphatic hydroxyl groups excluding tert-OH is 1. The highest BCUT2D eigenvalue weighted by molar-refractivity contribution is 6.51. The summed E-state index contributed by atoms with van der Waals surface area (Å²) >= 11 is 0. The van der Waals surface area contributed by atoms with Crippen molar-refractivity contribution in [2.45, 2.75) is 19.9 Å². The zero-order valence-electron chi connectivity index (χ0n) is 18.8. The van der Waals surface area contributed by atoms with E-state index in [1.807, 2.05) is 19.9 Å². The lowest BCUT2D eigenvalue weighted by atomic mass is 9.94. The molecule has 1 heterocycles. The molecular formula is C26H22N2O6. The van der Waals surface area contributed by atoms with Crippen LogP contribution in [0.25, 0.3) is 5.76 Å². The van der Waals surface area contributed by atoms with E-state index in [1.165, 1.54) is 36.3 Å². The number of methoxy groups -OCH3 is 1. The Morgan fingerprint density at radius 3 is 2.35 bits per heavy atom. The van der Waals surface area contributed by atoms with E-state index in [4.69, 9.17) is 4.74 Å². The summed E-state index contributed by atoms with van der Waals surface area (Å²) < 4.78 is 5.34. The summed E-state index contributed by atoms with van der Waals surface area (Å²) in [6, 6.07) is 16.6. The third-order valence-electron chi connectivity index (χ3n) is 6.04. The SMILES string of the molecule is COc1cccc(C2/C(=C(\O)c3ccc([N+](=O)[O-])cc3)C(=O)C(=O)N2c2cccc(C)c2C)c1. The highest BCUT2D eigenvalue weighted by atomic mass is 16.6. The highest BCUT2D eigenvalue weighted by Crippen LogP contribution is 2.44. The average molecular weight is 458 g/mol. The Morgan fingerprint density at radius 2 is 1.71 bits per heavy atom. The van der Waals surface area contributed by atoms with Crippen molar-refractivity contribution in [3.63, 3.8) is 0 Å². The Labute approximate surface area is 195 Å². The molecule has 1 saturated heterocycles. The Kier molecular flexibility index (Phi) is 5.89. The number of hydrogen-bond acceptors (Lipinski definition) is 6. The number of aryl methyl sites for hydroxylation is 1. The van der Waals surface area contributed by atoms with Crippen molar-refractivity contribution in [2.24, 2.45) is 0 Å². The largest absolute Gasteiger partial charge is 0.507 e. The summed E-state index contributed by atoms with van der Waals surface area (Å²) in [5.41, 5.74) is 2.83. The van der Waals surface area contributed by atoms with Crippen molar-refractivity contribution in [3.8, 4) is 5.75 Å². The van der Waals surface area contributed by atoms with Crippen LogP contribution in [0.15, 0.2) is 72.3 Å². The van der Waals surface area contributed by atoms with Gasteiger partial charge in [-0.25, -0.2) is 0 Å². The molecule has 1 aliphatic rings. The number of nitro groups is 1. The van der Waals surface area contributed by atoms with E-state index >= 15 is 0 Å². The first-order valence-corrected chi connectivity index (χ1v) is 10.5. The molecule has 3 aromatic rings. The van der Waals surface area contributed by atoms with Gasteiger partial charge in [0.25, 0.3) is 17.4 Å². The zero-order valence-corrected chi connectivity index (χ0v) is 18.8. The fraction of sp³-hybridized carbons (Fsp3) is 0.154. The minimum Gasteiger partial charge on any atom is -0.507 e. The molecule has 8 nitrogen and oxygen atoms in total. The van der Waals surface area contributed by atoms with Gasteiger partial charge in [-0.1, -0.05) is 24.3 Å². The molecule has 1 aliphatic heterocycles. The lowest BCUT2D eigenvalue weighted by Gasteiger charge is -2.27. The average Bonchev–Trinajstić information content (AvgIpc) is 3.10. The fourth-order valence-corrected chi connectivity index (χ4v) is 4.10. The summed E-state index contributed by atoms with van der Waals surface area (Å²) in [7, 11) is 1.51. The predicted octanol–water partition coefficient (Wildman–Crippen LogP) is 4.85. The third-order valence-corrected chi connectivity index (χ3v) is 6.04. The van der Waals surface area contributed by atoms with E-state index in [1.54, 1.807) is 36.4 Å². The molecule has 1 unspecified atom stereocenters. The van der Waals surface area contributed by atoms with Gasteiger partial charge in [-0.2, -0.15) is 0 Å². The summed E-state index contributed by atoms with van der Waals surface area (Å²) in [4.78, 5) is 38.4. The Balaban J connectivity index is 1.96. The topological polar surface area (TPSA) is 110 Å². The van der Waals surface area contributed by atoms with Gasteiger partial charge in [-0.15, -0.1) is 0 Å². The maximum Gasteiger partial charge on any atom is 0.300 e. The van der Waals surface area contributed by atoms with E-state index in [2.05, 4.69) is 0 Å². The Hall–Kier alpha value is -4.46. The molecule has 0 aromatic heterocycles. The molecule has 0 radical (unpaired) electrons. The van der Waals surface area contributed by atoms with Crippen LogP contribution in [0, 0.1) is 24.0 Å². The molecule has 0 bridgehead atoms. The van der Waals surface area contributed by atoms with Crippen molar-refractivity contribution >= 4 is 28.8 Å².